The molecule has 66 nitrogen and oxygen atoms in total. The van der Waals surface area contributed by atoms with Gasteiger partial charge in [-0.05, 0) is 111 Å². The van der Waals surface area contributed by atoms with E-state index in [1.807, 2.05) is 19.0 Å². The second kappa shape index (κ2) is 50.3. The summed E-state index contributed by atoms with van der Waals surface area (Å²) < 4.78 is 212. The van der Waals surface area contributed by atoms with Gasteiger partial charge in [0.15, 0.2) is 28.9 Å². The molecule has 12 fully saturated rings. The Labute approximate surface area is 828 Å². The predicted octanol–water partition coefficient (Wildman–Crippen LogP) is -8.74. The number of Topliss-reactive ketones (excluding diaryl/α,β-unsaturated/α-hetero) is 5. The van der Waals surface area contributed by atoms with Crippen LogP contribution in [-0.2, 0) is 150 Å². The van der Waals surface area contributed by atoms with E-state index >= 15 is 0 Å². The molecule has 18 N–H and O–H groups in total. The molecule has 145 heavy (non-hydrogen) atoms. The molecule has 12 bridgehead atoms. The van der Waals surface area contributed by atoms with Gasteiger partial charge in [0.2, 0.25) is 29.5 Å². The number of piperidine rings is 6. The largest absolute Gasteiger partial charge is 0.418 e. The molecule has 72 heteroatoms. The van der Waals surface area contributed by atoms with E-state index in [4.69, 9.17) is 44.5 Å². The number of carbonyl (C=O) groups excluding carboxylic acids is 18. The quantitative estimate of drug-likeness (QED) is 0.0216. The number of rotatable bonds is 38. The van der Waals surface area contributed by atoms with Crippen molar-refractivity contribution in [3.8, 4) is 0 Å². The maximum atomic E-state index is 12.5. The van der Waals surface area contributed by atoms with Crippen molar-refractivity contribution >= 4 is 169 Å². The van der Waals surface area contributed by atoms with E-state index in [0.717, 1.165) is 24.6 Å². The van der Waals surface area contributed by atoms with Crippen molar-refractivity contribution in [1.82, 2.24) is 102 Å². The summed E-state index contributed by atoms with van der Waals surface area (Å²) in [5, 5.41) is 16.6. The van der Waals surface area contributed by atoms with Gasteiger partial charge in [0, 0.05) is 72.8 Å². The van der Waals surface area contributed by atoms with Crippen LogP contribution in [-0.4, -0.2) is 452 Å². The summed E-state index contributed by atoms with van der Waals surface area (Å²) in [5.74, 6) is -4.98. The first kappa shape index (κ1) is 119. The molecule has 13 rings (SSSR count). The number of nitrogens with one attached hydrogen (secondary N) is 6. The number of hydrogen-bond acceptors (Lipinski definition) is 41. The third kappa shape index (κ3) is 33.5. The van der Waals surface area contributed by atoms with Crippen molar-refractivity contribution in [3.63, 3.8) is 0 Å². The Kier molecular flexibility index (Phi) is 41.2. The van der Waals surface area contributed by atoms with Crippen LogP contribution < -0.4 is 49.2 Å². The molecule has 15 atom stereocenters. The number of nitrogens with two attached hydrogens (primary N) is 3. The molecular weight excluding hydrogens is 2080 g/mol. The first-order chi connectivity index (χ1) is 67.3. The molecule has 814 valence electrons. The summed E-state index contributed by atoms with van der Waals surface area (Å²) in [6.07, 6.45) is 4.19. The summed E-state index contributed by atoms with van der Waals surface area (Å²) in [5.41, 5.74) is 19.7. The Bertz CT molecular complexity index is 5770. The van der Waals surface area contributed by atoms with Crippen LogP contribution >= 0.6 is 0 Å². The van der Waals surface area contributed by atoms with Gasteiger partial charge in [-0.15, -0.1) is 25.7 Å². The highest BCUT2D eigenvalue weighted by molar-refractivity contribution is 7.82. The summed E-state index contributed by atoms with van der Waals surface area (Å²) >= 11 is 0. The van der Waals surface area contributed by atoms with Crippen LogP contribution in [0.4, 0.5) is 28.8 Å². The zero-order valence-corrected chi connectivity index (χ0v) is 83.3. The Hall–Kier alpha value is -11.5. The fourth-order valence-corrected chi connectivity index (χ4v) is 18.9. The molecule has 2 unspecified atom stereocenters. The number of urea groups is 6. The van der Waals surface area contributed by atoms with Crippen LogP contribution in [0.3, 0.4) is 0 Å². The van der Waals surface area contributed by atoms with Crippen molar-refractivity contribution in [3.05, 3.63) is 35.9 Å². The van der Waals surface area contributed by atoms with Gasteiger partial charge >= 0.3 is 98.6 Å². The first-order valence-electron chi connectivity index (χ1n) is 44.0. The summed E-state index contributed by atoms with van der Waals surface area (Å²) in [6.45, 7) is 4.63. The maximum absolute atomic E-state index is 12.5. The van der Waals surface area contributed by atoms with Crippen LogP contribution in [0.25, 0.3) is 0 Å². The Morgan fingerprint density at radius 1 is 0.366 bits per heavy atom. The maximum Gasteiger partial charge on any atom is 0.418 e. The highest BCUT2D eigenvalue weighted by Crippen LogP contribution is 2.37. The Balaban J connectivity index is 0.000000213. The second-order valence-corrected chi connectivity index (χ2v) is 40.4. The van der Waals surface area contributed by atoms with Crippen molar-refractivity contribution in [2.24, 2.45) is 17.2 Å². The van der Waals surface area contributed by atoms with E-state index in [9.17, 15) is 137 Å². The molecule has 0 spiro atoms. The van der Waals surface area contributed by atoms with Gasteiger partial charge in [0.05, 0.1) is 87.1 Å². The summed E-state index contributed by atoms with van der Waals surface area (Å²) in [6, 6.07) is -7.11. The molecular formula is C73H113N23O43S6. The number of hydrogen-bond donors (Lipinski definition) is 15. The topological polar surface area (TPSA) is 894 Å². The Morgan fingerprint density at radius 2 is 0.614 bits per heavy atom. The fraction of sp³-hybridized carbons (Fsp3) is 0.671. The lowest BCUT2D eigenvalue weighted by Crippen LogP contribution is -2.56. The molecule has 0 aromatic heterocycles. The minimum absolute atomic E-state index is 0.0669. The number of fused-ring (bicyclic) bond motifs is 12. The monoisotopic (exact) mass is 2190 g/mol. The zero-order valence-electron chi connectivity index (χ0n) is 78.4. The van der Waals surface area contributed by atoms with Crippen molar-refractivity contribution in [1.29, 1.82) is 0 Å². The van der Waals surface area contributed by atoms with Gasteiger partial charge in [-0.3, -0.25) is 95.3 Å². The molecule has 1 aromatic carbocycles. The van der Waals surface area contributed by atoms with Crippen LogP contribution in [0.2, 0.25) is 0 Å². The van der Waals surface area contributed by atoms with Gasteiger partial charge in [0.25, 0.3) is 11.8 Å². The molecule has 19 amide bonds. The number of carbonyl (C=O) groups is 18. The second-order valence-electron chi connectivity index (χ2n) is 34.4. The minimum Gasteiger partial charge on any atom is -0.377 e. The van der Waals surface area contributed by atoms with Gasteiger partial charge in [-0.25, -0.2) is 28.8 Å². The predicted molar refractivity (Wildman–Crippen MR) is 477 cm³/mol. The molecule has 12 saturated heterocycles. The fourth-order valence-electron chi connectivity index (χ4n) is 16.6. The molecule has 1 aromatic rings. The molecule has 12 aliphatic heterocycles. The lowest BCUT2D eigenvalue weighted by molar-refractivity contribution is -0.142. The number of likely N-dealkylation sites (N-methyl/N-ethyl adjacent to an activating group) is 1. The summed E-state index contributed by atoms with van der Waals surface area (Å²) in [4.78, 5) is 225. The van der Waals surface area contributed by atoms with Crippen LogP contribution in [0.1, 0.15) is 122 Å². The van der Waals surface area contributed by atoms with Crippen molar-refractivity contribution in [2.45, 2.75) is 201 Å². The average Bonchev–Trinajstić information content (AvgIpc) is 1.65. The standard InChI is InChI=1S/C16H20N4O7S.C13H22N4O7S.C11H19N5O7S.C11H18N4O7S.C11H17N3O8S.C11H17N3O7S/c17-14(10-4-2-1-3-5-10)13(21)8-18-15(22)12-7-6-11-9-19(12)16(23)20(11)27-28(24,25)26;1-15(2)6-5-10(18)7-14-12(19)11-4-3-9-8-16(11)13(20)17(9)24-25(21,22)23;1-6(12)10(18)14(2)13-9(17)8-4-3-7-5-15(8)11(19)16(7)23-24(20,21)22;1-6(12)9(16)4-13-10(17)8-3-2-7-5-14(8)11(18)15(7)22-23(19,20)21;1-21-6-8(15)4-12-10(16)9-3-2-7-5-13(9)11(17)14(7)22-23(18,19)20;1-2-8(15)5-12-10(16)9-4-3-7-6-13(9)11(17)14(7)21-22(18,19)20/h1-5,11-12,14H,6-9,17H2,(H,18,22)(H,24,25,26);9,11H,3-8H2,1-2H3,(H,14,19)(H,21,22,23);6-8H,3-5,12H2,1-2H3,(H,13,17)(H,20,21,22);6-8H,2-5,12H2,1H3,(H,13,17)(H,19,20,21);7,9H,2-6H2,1H3,(H,12,16)(H,18,19,20);7,9H,2-6H2,1H3,(H,12,16)(H,18,19,20)/t11-,12+,14?;9-,11+;6-,7+,8-;6?,7-,8+;2*7-,9+/m110111/s1. The molecule has 0 radical (unpaired) electrons. The SMILES string of the molecule is CC(N)C(=O)CNC(=O)[C@@H]1CC[C@@H]2CN1C(=O)N2OS(=O)(=O)O.CCC(=O)CNC(=O)[C@@H]1CC[C@@H]2CN1C(=O)N2OS(=O)(=O)O.CN(C)CCC(=O)CNC(=O)[C@@H]1CC[C@@H]2CN1C(=O)N2OS(=O)(=O)O.COCC(=O)CNC(=O)[C@@H]1CC[C@@H]2CN1C(=O)N2OS(=O)(=O)O.C[C@H](N)C(=O)N(C)NC(=O)[C@@H]1CC[C@@H]2CN1C(=O)N2OS(=O)(=O)O.NC(C(=O)CNC(=O)[C@@H]1CC[C@@H]2CN1C(=O)N2OS(=O)(=O)O)c1ccccc1. The average molecular weight is 2190 g/mol. The normalized spacial score (nSPS) is 24.1. The van der Waals surface area contributed by atoms with Gasteiger partial charge in [-0.2, -0.15) is 80.9 Å². The van der Waals surface area contributed by atoms with Crippen molar-refractivity contribution < 1.29 is 195 Å². The molecule has 0 aliphatic carbocycles. The molecule has 12 aliphatic rings. The lowest BCUT2D eigenvalue weighted by Gasteiger charge is -2.31. The van der Waals surface area contributed by atoms with Crippen molar-refractivity contribution in [2.75, 3.05) is 113 Å². The number of hydrazine groups is 1. The molecule has 0 saturated carbocycles. The van der Waals surface area contributed by atoms with Gasteiger partial charge in [0.1, 0.15) is 42.9 Å². The van der Waals surface area contributed by atoms with Crippen LogP contribution in [0, 0.1) is 0 Å². The number of benzene rings is 1. The van der Waals surface area contributed by atoms with Gasteiger partial charge in [-0.1, -0.05) is 37.3 Å². The smallest absolute Gasteiger partial charge is 0.377 e. The third-order valence-corrected chi connectivity index (χ3v) is 25.7. The number of ether oxygens (including phenoxy) is 1. The van der Waals surface area contributed by atoms with Crippen LogP contribution in [0.15, 0.2) is 30.3 Å². The first-order valence-corrected chi connectivity index (χ1v) is 52.1. The zero-order chi connectivity index (χ0) is 109. The highest BCUT2D eigenvalue weighted by Gasteiger charge is 2.56. The number of amides is 19. The number of ketones is 5. The molecule has 12 heterocycles. The minimum atomic E-state index is -4.85. The third-order valence-electron chi connectivity index (χ3n) is 23.6. The lowest BCUT2D eigenvalue weighted by atomic mass is 10.00. The highest BCUT2D eigenvalue weighted by atomic mass is 32.3. The Morgan fingerprint density at radius 3 is 0.855 bits per heavy atom. The number of methoxy groups -OCH3 is 1. The van der Waals surface area contributed by atoms with E-state index in [-0.39, 0.29) is 127 Å². The summed E-state index contributed by atoms with van der Waals surface area (Å²) in [7, 11) is -22.6. The van der Waals surface area contributed by atoms with Gasteiger partial charge < -0.3 is 82.8 Å². The van der Waals surface area contributed by atoms with E-state index in [1.165, 1.54) is 37.8 Å². The van der Waals surface area contributed by atoms with E-state index in [0.29, 0.717) is 107 Å². The number of nitrogens with zero attached hydrogens (tertiary/aromatic N) is 14. The van der Waals surface area contributed by atoms with E-state index in [1.54, 1.807) is 37.3 Å². The van der Waals surface area contributed by atoms with Crippen LogP contribution in [0.5, 0.6) is 0 Å². The van der Waals surface area contributed by atoms with E-state index in [2.05, 4.69) is 62.4 Å². The van der Waals surface area contributed by atoms with E-state index < -0.39 is 236 Å². The number of hydroxylamine groups is 12.